The SMILES string of the molecule is CCCCCCOc1cccc(F)c1C(C)NC. The van der Waals surface area contributed by atoms with Crippen LogP contribution in [0, 0.1) is 5.82 Å². The highest BCUT2D eigenvalue weighted by molar-refractivity contribution is 5.36. The normalized spacial score (nSPS) is 12.4. The number of halogens is 1. The molecule has 1 aromatic rings. The summed E-state index contributed by atoms with van der Waals surface area (Å²) < 4.78 is 19.5. The second-order valence-corrected chi connectivity index (χ2v) is 4.57. The molecule has 102 valence electrons. The van der Waals surface area contributed by atoms with E-state index in [9.17, 15) is 4.39 Å². The number of benzene rings is 1. The first-order chi connectivity index (χ1) is 8.70. The topological polar surface area (TPSA) is 21.3 Å². The zero-order valence-electron chi connectivity index (χ0n) is 11.6. The highest BCUT2D eigenvalue weighted by Crippen LogP contribution is 2.27. The minimum atomic E-state index is -0.206. The van der Waals surface area contributed by atoms with Crippen molar-refractivity contribution in [3.63, 3.8) is 0 Å². The Labute approximate surface area is 110 Å². The summed E-state index contributed by atoms with van der Waals surface area (Å²) in [6.07, 6.45) is 4.63. The summed E-state index contributed by atoms with van der Waals surface area (Å²) in [5.74, 6) is 0.455. The van der Waals surface area contributed by atoms with Crippen LogP contribution in [0.5, 0.6) is 5.75 Å². The van der Waals surface area contributed by atoms with Gasteiger partial charge in [0.25, 0.3) is 0 Å². The standard InChI is InChI=1S/C15H24FNO/c1-4-5-6-7-11-18-14-10-8-9-13(16)15(14)12(2)17-3/h8-10,12,17H,4-7,11H2,1-3H3. The third kappa shape index (κ3) is 4.30. The Kier molecular flexibility index (Phi) is 6.73. The fraction of sp³-hybridized carbons (Fsp3) is 0.600. The van der Waals surface area contributed by atoms with Gasteiger partial charge in [-0.1, -0.05) is 32.3 Å². The Morgan fingerprint density at radius 1 is 1.28 bits per heavy atom. The number of unbranched alkanes of at least 4 members (excludes halogenated alkanes) is 3. The van der Waals surface area contributed by atoms with Gasteiger partial charge in [-0.15, -0.1) is 0 Å². The van der Waals surface area contributed by atoms with Gasteiger partial charge in [0, 0.05) is 11.6 Å². The first kappa shape index (κ1) is 15.0. The summed E-state index contributed by atoms with van der Waals surface area (Å²) in [6, 6.07) is 4.97. The van der Waals surface area contributed by atoms with E-state index in [4.69, 9.17) is 4.74 Å². The number of rotatable bonds is 8. The van der Waals surface area contributed by atoms with Crippen LogP contribution in [-0.2, 0) is 0 Å². The molecule has 0 heterocycles. The predicted octanol–water partition coefficient (Wildman–Crippen LogP) is 4.07. The van der Waals surface area contributed by atoms with Crippen LogP contribution in [-0.4, -0.2) is 13.7 Å². The van der Waals surface area contributed by atoms with E-state index in [0.717, 1.165) is 6.42 Å². The molecule has 0 fully saturated rings. The minimum Gasteiger partial charge on any atom is -0.493 e. The maximum atomic E-state index is 13.8. The maximum Gasteiger partial charge on any atom is 0.131 e. The molecule has 3 heteroatoms. The molecule has 0 amide bonds. The molecular formula is C15H24FNO. The lowest BCUT2D eigenvalue weighted by Gasteiger charge is -2.17. The van der Waals surface area contributed by atoms with Gasteiger partial charge < -0.3 is 10.1 Å². The van der Waals surface area contributed by atoms with Crippen molar-refractivity contribution in [2.45, 2.75) is 45.6 Å². The van der Waals surface area contributed by atoms with Gasteiger partial charge in [-0.05, 0) is 32.5 Å². The number of hydrogen-bond acceptors (Lipinski definition) is 2. The van der Waals surface area contributed by atoms with E-state index < -0.39 is 0 Å². The Morgan fingerprint density at radius 3 is 2.72 bits per heavy atom. The van der Waals surface area contributed by atoms with Crippen molar-refractivity contribution in [3.05, 3.63) is 29.6 Å². The summed E-state index contributed by atoms with van der Waals surface area (Å²) in [6.45, 7) is 4.77. The fourth-order valence-corrected chi connectivity index (χ4v) is 1.92. The van der Waals surface area contributed by atoms with Crippen LogP contribution in [0.25, 0.3) is 0 Å². The second kappa shape index (κ2) is 8.09. The van der Waals surface area contributed by atoms with Gasteiger partial charge in [0.05, 0.1) is 6.61 Å². The molecule has 0 spiro atoms. The quantitative estimate of drug-likeness (QED) is 0.705. The van der Waals surface area contributed by atoms with Crippen molar-refractivity contribution < 1.29 is 9.13 Å². The summed E-state index contributed by atoms with van der Waals surface area (Å²) in [5.41, 5.74) is 0.621. The average Bonchev–Trinajstić information content (AvgIpc) is 2.38. The van der Waals surface area contributed by atoms with Gasteiger partial charge in [-0.3, -0.25) is 0 Å². The molecule has 0 radical (unpaired) electrons. The van der Waals surface area contributed by atoms with Crippen LogP contribution in [0.2, 0.25) is 0 Å². The van der Waals surface area contributed by atoms with Crippen LogP contribution in [0.15, 0.2) is 18.2 Å². The van der Waals surface area contributed by atoms with Gasteiger partial charge >= 0.3 is 0 Å². The Morgan fingerprint density at radius 2 is 2.06 bits per heavy atom. The molecule has 2 nitrogen and oxygen atoms in total. The molecule has 0 aliphatic heterocycles. The van der Waals surface area contributed by atoms with E-state index in [2.05, 4.69) is 12.2 Å². The molecule has 18 heavy (non-hydrogen) atoms. The van der Waals surface area contributed by atoms with Gasteiger partial charge in [0.1, 0.15) is 11.6 Å². The molecule has 1 N–H and O–H groups in total. The van der Waals surface area contributed by atoms with E-state index in [1.165, 1.54) is 25.3 Å². The van der Waals surface area contributed by atoms with Crippen molar-refractivity contribution in [2.75, 3.05) is 13.7 Å². The average molecular weight is 253 g/mol. The molecule has 1 unspecified atom stereocenters. The summed E-state index contributed by atoms with van der Waals surface area (Å²) >= 11 is 0. The maximum absolute atomic E-state index is 13.8. The van der Waals surface area contributed by atoms with E-state index in [1.807, 2.05) is 20.0 Å². The minimum absolute atomic E-state index is 0.0446. The lowest BCUT2D eigenvalue weighted by molar-refractivity contribution is 0.297. The number of hydrogen-bond donors (Lipinski definition) is 1. The molecule has 0 aliphatic rings. The van der Waals surface area contributed by atoms with Gasteiger partial charge in [-0.25, -0.2) is 4.39 Å². The summed E-state index contributed by atoms with van der Waals surface area (Å²) in [4.78, 5) is 0. The number of nitrogens with one attached hydrogen (secondary N) is 1. The van der Waals surface area contributed by atoms with Gasteiger partial charge in [0.2, 0.25) is 0 Å². The van der Waals surface area contributed by atoms with Crippen molar-refractivity contribution >= 4 is 0 Å². The fourth-order valence-electron chi connectivity index (χ4n) is 1.92. The Bertz CT molecular complexity index is 354. The lowest BCUT2D eigenvalue weighted by atomic mass is 10.1. The number of ether oxygens (including phenoxy) is 1. The Balaban J connectivity index is 2.61. The van der Waals surface area contributed by atoms with Crippen LogP contribution in [0.3, 0.4) is 0 Å². The summed E-state index contributed by atoms with van der Waals surface area (Å²) in [5, 5.41) is 3.05. The van der Waals surface area contributed by atoms with Crippen LogP contribution in [0.1, 0.15) is 51.1 Å². The van der Waals surface area contributed by atoms with Gasteiger partial charge in [0.15, 0.2) is 0 Å². The van der Waals surface area contributed by atoms with Gasteiger partial charge in [-0.2, -0.15) is 0 Å². The zero-order valence-corrected chi connectivity index (χ0v) is 11.6. The molecule has 0 aromatic heterocycles. The van der Waals surface area contributed by atoms with Crippen molar-refractivity contribution in [2.24, 2.45) is 0 Å². The monoisotopic (exact) mass is 253 g/mol. The van der Waals surface area contributed by atoms with Crippen LogP contribution >= 0.6 is 0 Å². The van der Waals surface area contributed by atoms with Crippen LogP contribution in [0.4, 0.5) is 4.39 Å². The third-order valence-electron chi connectivity index (χ3n) is 3.13. The molecule has 0 saturated heterocycles. The Hall–Kier alpha value is -1.09. The molecule has 1 atom stereocenters. The predicted molar refractivity (Wildman–Crippen MR) is 73.5 cm³/mol. The summed E-state index contributed by atoms with van der Waals surface area (Å²) in [7, 11) is 1.82. The van der Waals surface area contributed by atoms with E-state index in [1.54, 1.807) is 6.07 Å². The molecular weight excluding hydrogens is 229 g/mol. The van der Waals surface area contributed by atoms with Crippen molar-refractivity contribution in [1.82, 2.24) is 5.32 Å². The smallest absolute Gasteiger partial charge is 0.131 e. The molecule has 1 aromatic carbocycles. The molecule has 0 saturated carbocycles. The van der Waals surface area contributed by atoms with Crippen molar-refractivity contribution in [1.29, 1.82) is 0 Å². The largest absolute Gasteiger partial charge is 0.493 e. The lowest BCUT2D eigenvalue weighted by Crippen LogP contribution is -2.15. The third-order valence-corrected chi connectivity index (χ3v) is 3.13. The first-order valence-corrected chi connectivity index (χ1v) is 6.79. The highest BCUT2D eigenvalue weighted by Gasteiger charge is 2.14. The van der Waals surface area contributed by atoms with Crippen LogP contribution < -0.4 is 10.1 Å². The first-order valence-electron chi connectivity index (χ1n) is 6.79. The zero-order chi connectivity index (χ0) is 13.4. The second-order valence-electron chi connectivity index (χ2n) is 4.57. The van der Waals surface area contributed by atoms with E-state index >= 15 is 0 Å². The molecule has 0 aliphatic carbocycles. The highest BCUT2D eigenvalue weighted by atomic mass is 19.1. The molecule has 1 rings (SSSR count). The van der Waals surface area contributed by atoms with Crippen molar-refractivity contribution in [3.8, 4) is 5.75 Å². The van der Waals surface area contributed by atoms with E-state index in [-0.39, 0.29) is 11.9 Å². The molecule has 0 bridgehead atoms. The van der Waals surface area contributed by atoms with E-state index in [0.29, 0.717) is 17.9 Å².